The van der Waals surface area contributed by atoms with Crippen LogP contribution in [0.5, 0.6) is 5.75 Å². The summed E-state index contributed by atoms with van der Waals surface area (Å²) in [5.41, 5.74) is 1.32. The third kappa shape index (κ3) is 2.46. The first-order chi connectivity index (χ1) is 5.36. The van der Waals surface area contributed by atoms with Crippen LogP contribution in [0.15, 0.2) is 24.3 Å². The van der Waals surface area contributed by atoms with E-state index in [-0.39, 0.29) is 0 Å². The summed E-state index contributed by atoms with van der Waals surface area (Å²) >= 11 is 1.82. The number of ether oxygens (including phenoxy) is 1. The van der Waals surface area contributed by atoms with Crippen molar-refractivity contribution in [2.24, 2.45) is 0 Å². The SMILES string of the molecule is COc1cccc(CSC)c1. The van der Waals surface area contributed by atoms with Crippen molar-refractivity contribution in [3.63, 3.8) is 0 Å². The average Bonchev–Trinajstić information content (AvgIpc) is 2.06. The third-order valence-corrected chi connectivity index (χ3v) is 2.07. The normalized spacial score (nSPS) is 9.64. The van der Waals surface area contributed by atoms with Gasteiger partial charge in [0.05, 0.1) is 7.11 Å². The summed E-state index contributed by atoms with van der Waals surface area (Å²) in [5.74, 6) is 1.99. The molecule has 0 amide bonds. The third-order valence-electron chi connectivity index (χ3n) is 1.45. The van der Waals surface area contributed by atoms with Crippen molar-refractivity contribution >= 4 is 11.8 Å². The molecular weight excluding hydrogens is 156 g/mol. The van der Waals surface area contributed by atoms with Crippen molar-refractivity contribution in [2.75, 3.05) is 13.4 Å². The molecule has 2 heteroatoms. The molecule has 1 aromatic carbocycles. The van der Waals surface area contributed by atoms with E-state index < -0.39 is 0 Å². The van der Waals surface area contributed by atoms with Gasteiger partial charge in [-0.25, -0.2) is 0 Å². The van der Waals surface area contributed by atoms with Gasteiger partial charge in [0, 0.05) is 5.75 Å². The Hall–Kier alpha value is -0.630. The highest BCUT2D eigenvalue weighted by molar-refractivity contribution is 7.97. The first kappa shape index (κ1) is 8.47. The van der Waals surface area contributed by atoms with Crippen molar-refractivity contribution in [2.45, 2.75) is 5.75 Å². The number of rotatable bonds is 3. The Bertz CT molecular complexity index is 223. The minimum Gasteiger partial charge on any atom is -0.497 e. The molecule has 0 radical (unpaired) electrons. The minimum absolute atomic E-state index is 0.941. The summed E-state index contributed by atoms with van der Waals surface area (Å²) in [6, 6.07) is 8.16. The standard InChI is InChI=1S/C9H12OS/c1-10-9-5-3-4-8(6-9)7-11-2/h3-6H,7H2,1-2H3. The van der Waals surface area contributed by atoms with Crippen LogP contribution in [0.1, 0.15) is 5.56 Å². The zero-order chi connectivity index (χ0) is 8.10. The zero-order valence-corrected chi connectivity index (χ0v) is 7.65. The molecule has 0 saturated heterocycles. The lowest BCUT2D eigenvalue weighted by Crippen LogP contribution is -1.84. The monoisotopic (exact) mass is 168 g/mol. The van der Waals surface area contributed by atoms with Crippen LogP contribution in [0.25, 0.3) is 0 Å². The van der Waals surface area contributed by atoms with Gasteiger partial charge in [-0.3, -0.25) is 0 Å². The fourth-order valence-electron chi connectivity index (χ4n) is 0.929. The van der Waals surface area contributed by atoms with Gasteiger partial charge >= 0.3 is 0 Å². The number of methoxy groups -OCH3 is 1. The molecule has 60 valence electrons. The molecular formula is C9H12OS. The molecule has 0 heterocycles. The highest BCUT2D eigenvalue weighted by atomic mass is 32.2. The molecule has 0 aliphatic heterocycles. The number of hydrogen-bond donors (Lipinski definition) is 0. The van der Waals surface area contributed by atoms with Crippen LogP contribution < -0.4 is 4.74 Å². The Morgan fingerprint density at radius 3 is 2.91 bits per heavy atom. The van der Waals surface area contributed by atoms with Crippen LogP contribution in [-0.2, 0) is 5.75 Å². The van der Waals surface area contributed by atoms with Crippen molar-refractivity contribution in [1.29, 1.82) is 0 Å². The topological polar surface area (TPSA) is 9.23 Å². The van der Waals surface area contributed by atoms with Crippen LogP contribution in [0.4, 0.5) is 0 Å². The molecule has 1 aromatic rings. The Morgan fingerprint density at radius 1 is 1.45 bits per heavy atom. The van der Waals surface area contributed by atoms with Crippen LogP contribution in [-0.4, -0.2) is 13.4 Å². The lowest BCUT2D eigenvalue weighted by molar-refractivity contribution is 0.414. The summed E-state index contributed by atoms with van der Waals surface area (Å²) < 4.78 is 5.09. The van der Waals surface area contributed by atoms with Crippen LogP contribution >= 0.6 is 11.8 Å². The van der Waals surface area contributed by atoms with Gasteiger partial charge in [0.25, 0.3) is 0 Å². The zero-order valence-electron chi connectivity index (χ0n) is 6.83. The van der Waals surface area contributed by atoms with Gasteiger partial charge < -0.3 is 4.74 Å². The van der Waals surface area contributed by atoms with E-state index in [9.17, 15) is 0 Å². The van der Waals surface area contributed by atoms with Crippen molar-refractivity contribution < 1.29 is 4.74 Å². The molecule has 1 rings (SSSR count). The van der Waals surface area contributed by atoms with E-state index in [4.69, 9.17) is 4.74 Å². The van der Waals surface area contributed by atoms with Crippen LogP contribution in [0, 0.1) is 0 Å². The Labute approximate surface area is 71.8 Å². The smallest absolute Gasteiger partial charge is 0.119 e. The fourth-order valence-corrected chi connectivity index (χ4v) is 1.44. The molecule has 11 heavy (non-hydrogen) atoms. The molecule has 0 spiro atoms. The van der Waals surface area contributed by atoms with Crippen molar-refractivity contribution in [3.8, 4) is 5.75 Å². The summed E-state index contributed by atoms with van der Waals surface area (Å²) in [6.07, 6.45) is 2.10. The lowest BCUT2D eigenvalue weighted by Gasteiger charge is -2.01. The maximum atomic E-state index is 5.09. The van der Waals surface area contributed by atoms with Crippen molar-refractivity contribution in [3.05, 3.63) is 29.8 Å². The Kier molecular flexibility index (Phi) is 3.30. The molecule has 0 aromatic heterocycles. The number of benzene rings is 1. The second-order valence-electron chi connectivity index (χ2n) is 2.28. The largest absolute Gasteiger partial charge is 0.497 e. The van der Waals surface area contributed by atoms with Gasteiger partial charge in [0.1, 0.15) is 5.75 Å². The van der Waals surface area contributed by atoms with Gasteiger partial charge in [0.15, 0.2) is 0 Å². The quantitative estimate of drug-likeness (QED) is 0.686. The minimum atomic E-state index is 0.941. The summed E-state index contributed by atoms with van der Waals surface area (Å²) in [7, 11) is 1.69. The highest BCUT2D eigenvalue weighted by Crippen LogP contribution is 2.15. The Balaban J connectivity index is 2.74. The van der Waals surface area contributed by atoms with Gasteiger partial charge in [-0.15, -0.1) is 0 Å². The van der Waals surface area contributed by atoms with E-state index in [2.05, 4.69) is 18.4 Å². The van der Waals surface area contributed by atoms with Gasteiger partial charge in [0.2, 0.25) is 0 Å². The molecule has 0 bridgehead atoms. The van der Waals surface area contributed by atoms with E-state index in [1.165, 1.54) is 5.56 Å². The van der Waals surface area contributed by atoms with E-state index in [0.29, 0.717) is 0 Å². The van der Waals surface area contributed by atoms with Gasteiger partial charge in [-0.1, -0.05) is 12.1 Å². The molecule has 0 atom stereocenters. The van der Waals surface area contributed by atoms with Gasteiger partial charge in [-0.05, 0) is 24.0 Å². The van der Waals surface area contributed by atoms with E-state index in [0.717, 1.165) is 11.5 Å². The highest BCUT2D eigenvalue weighted by Gasteiger charge is 1.92. The van der Waals surface area contributed by atoms with Crippen LogP contribution in [0.2, 0.25) is 0 Å². The summed E-state index contributed by atoms with van der Waals surface area (Å²) in [6.45, 7) is 0. The predicted octanol–water partition coefficient (Wildman–Crippen LogP) is 2.56. The van der Waals surface area contributed by atoms with Crippen LogP contribution in [0.3, 0.4) is 0 Å². The maximum absolute atomic E-state index is 5.09. The average molecular weight is 168 g/mol. The molecule has 0 N–H and O–H groups in total. The first-order valence-corrected chi connectivity index (χ1v) is 4.88. The molecule has 0 saturated carbocycles. The Morgan fingerprint density at radius 2 is 2.27 bits per heavy atom. The van der Waals surface area contributed by atoms with E-state index in [1.54, 1.807) is 7.11 Å². The molecule has 0 unspecified atom stereocenters. The molecule has 0 fully saturated rings. The predicted molar refractivity (Wildman–Crippen MR) is 50.2 cm³/mol. The number of thioether (sulfide) groups is 1. The second-order valence-corrected chi connectivity index (χ2v) is 3.15. The fraction of sp³-hybridized carbons (Fsp3) is 0.333. The van der Waals surface area contributed by atoms with Gasteiger partial charge in [-0.2, -0.15) is 11.8 Å². The second kappa shape index (κ2) is 4.29. The maximum Gasteiger partial charge on any atom is 0.119 e. The summed E-state index contributed by atoms with van der Waals surface area (Å²) in [5, 5.41) is 0. The molecule has 0 aliphatic carbocycles. The number of hydrogen-bond acceptors (Lipinski definition) is 2. The lowest BCUT2D eigenvalue weighted by atomic mass is 10.2. The van der Waals surface area contributed by atoms with Crippen molar-refractivity contribution in [1.82, 2.24) is 0 Å². The molecule has 1 nitrogen and oxygen atoms in total. The first-order valence-electron chi connectivity index (χ1n) is 3.48. The van der Waals surface area contributed by atoms with E-state index in [1.807, 2.05) is 23.9 Å². The van der Waals surface area contributed by atoms with E-state index >= 15 is 0 Å². The summed E-state index contributed by atoms with van der Waals surface area (Å²) in [4.78, 5) is 0. The molecule has 0 aliphatic rings.